The molecule has 0 aliphatic rings. The van der Waals surface area contributed by atoms with Crippen molar-refractivity contribution in [3.63, 3.8) is 0 Å². The molecule has 98 valence electrons. The number of benzene rings is 2. The molecule has 5 heteroatoms. The van der Waals surface area contributed by atoms with Crippen LogP contribution in [0.25, 0.3) is 0 Å². The van der Waals surface area contributed by atoms with E-state index in [1.807, 2.05) is 6.92 Å². The predicted octanol–water partition coefficient (Wildman–Crippen LogP) is 2.67. The lowest BCUT2D eigenvalue weighted by Crippen LogP contribution is -2.15. The number of nitrogens with one attached hydrogen (secondary N) is 1. The highest BCUT2D eigenvalue weighted by molar-refractivity contribution is 6.07. The van der Waals surface area contributed by atoms with Crippen LogP contribution in [-0.2, 0) is 0 Å². The number of phenolic OH excluding ortho intramolecular Hbond substituents is 1. The topological polar surface area (TPSA) is 75.3 Å². The molecule has 0 atom stereocenters. The van der Waals surface area contributed by atoms with E-state index in [0.717, 1.165) is 11.6 Å². The average molecular weight is 260 g/mol. The molecule has 0 unspecified atom stereocenters. The van der Waals surface area contributed by atoms with Gasteiger partial charge in [-0.3, -0.25) is 4.79 Å². The minimum Gasteiger partial charge on any atom is -0.507 e. The largest absolute Gasteiger partial charge is 0.507 e. The first-order chi connectivity index (χ1) is 8.99. The van der Waals surface area contributed by atoms with Crippen LogP contribution in [0.1, 0.15) is 15.9 Å². The van der Waals surface area contributed by atoms with Crippen LogP contribution in [0.5, 0.6) is 5.75 Å². The van der Waals surface area contributed by atoms with E-state index in [0.29, 0.717) is 11.4 Å². The Morgan fingerprint density at radius 2 is 2.05 bits per heavy atom. The van der Waals surface area contributed by atoms with Crippen molar-refractivity contribution in [2.24, 2.45) is 0 Å². The molecule has 4 N–H and O–H groups in total. The molecule has 0 saturated heterocycles. The lowest BCUT2D eigenvalue weighted by atomic mass is 10.1. The maximum Gasteiger partial charge on any atom is 0.262 e. The van der Waals surface area contributed by atoms with Gasteiger partial charge in [0.05, 0.1) is 11.4 Å². The van der Waals surface area contributed by atoms with Crippen molar-refractivity contribution < 1.29 is 14.3 Å². The van der Waals surface area contributed by atoms with E-state index in [4.69, 9.17) is 5.73 Å². The summed E-state index contributed by atoms with van der Waals surface area (Å²) in [5.41, 5.74) is 6.98. The van der Waals surface area contributed by atoms with Gasteiger partial charge in [-0.05, 0) is 36.8 Å². The van der Waals surface area contributed by atoms with Crippen LogP contribution in [0.4, 0.5) is 15.8 Å². The van der Waals surface area contributed by atoms with Crippen LogP contribution in [0.2, 0.25) is 0 Å². The molecule has 0 aliphatic carbocycles. The number of phenols is 1. The maximum atomic E-state index is 13.5. The third-order valence-electron chi connectivity index (χ3n) is 2.68. The SMILES string of the molecule is Cc1ccc(N)c(NC(=O)c2c(O)cccc2F)c1. The third kappa shape index (κ3) is 2.65. The van der Waals surface area contributed by atoms with Gasteiger partial charge in [0.2, 0.25) is 0 Å². The van der Waals surface area contributed by atoms with Crippen molar-refractivity contribution in [2.75, 3.05) is 11.1 Å². The van der Waals surface area contributed by atoms with E-state index in [-0.39, 0.29) is 0 Å². The van der Waals surface area contributed by atoms with Gasteiger partial charge < -0.3 is 16.2 Å². The molecule has 19 heavy (non-hydrogen) atoms. The molecule has 2 aromatic rings. The number of halogens is 1. The number of carbonyl (C=O) groups excluding carboxylic acids is 1. The minimum atomic E-state index is -0.788. The summed E-state index contributed by atoms with van der Waals surface area (Å²) in [7, 11) is 0. The van der Waals surface area contributed by atoms with Crippen LogP contribution >= 0.6 is 0 Å². The summed E-state index contributed by atoms with van der Waals surface area (Å²) < 4.78 is 13.5. The van der Waals surface area contributed by atoms with Crippen molar-refractivity contribution in [2.45, 2.75) is 6.92 Å². The van der Waals surface area contributed by atoms with Crippen molar-refractivity contribution in [3.05, 3.63) is 53.3 Å². The third-order valence-corrected chi connectivity index (χ3v) is 2.68. The Morgan fingerprint density at radius 3 is 2.74 bits per heavy atom. The summed E-state index contributed by atoms with van der Waals surface area (Å²) >= 11 is 0. The second-order valence-corrected chi connectivity index (χ2v) is 4.18. The number of aromatic hydroxyl groups is 1. The molecule has 2 aromatic carbocycles. The van der Waals surface area contributed by atoms with E-state index < -0.39 is 23.0 Å². The van der Waals surface area contributed by atoms with E-state index in [2.05, 4.69) is 5.32 Å². The number of rotatable bonds is 2. The lowest BCUT2D eigenvalue weighted by molar-refractivity contribution is 0.102. The first-order valence-corrected chi connectivity index (χ1v) is 5.64. The van der Waals surface area contributed by atoms with Gasteiger partial charge in [-0.2, -0.15) is 0 Å². The van der Waals surface area contributed by atoms with Crippen LogP contribution in [0.3, 0.4) is 0 Å². The monoisotopic (exact) mass is 260 g/mol. The van der Waals surface area contributed by atoms with Crippen LogP contribution in [0, 0.1) is 12.7 Å². The van der Waals surface area contributed by atoms with E-state index >= 15 is 0 Å². The van der Waals surface area contributed by atoms with Gasteiger partial charge in [0.1, 0.15) is 17.1 Å². The second-order valence-electron chi connectivity index (χ2n) is 4.18. The summed E-state index contributed by atoms with van der Waals surface area (Å²) in [5, 5.41) is 12.0. The molecule has 0 radical (unpaired) electrons. The van der Waals surface area contributed by atoms with E-state index in [9.17, 15) is 14.3 Å². The van der Waals surface area contributed by atoms with Crippen LogP contribution < -0.4 is 11.1 Å². The Bertz CT molecular complexity index is 621. The summed E-state index contributed by atoms with van der Waals surface area (Å²) in [6, 6.07) is 8.79. The molecule has 2 rings (SSSR count). The molecule has 0 saturated carbocycles. The first kappa shape index (κ1) is 12.9. The van der Waals surface area contributed by atoms with Gasteiger partial charge >= 0.3 is 0 Å². The highest BCUT2D eigenvalue weighted by atomic mass is 19.1. The molecular weight excluding hydrogens is 247 g/mol. The number of amides is 1. The number of aryl methyl sites for hydroxylation is 1. The summed E-state index contributed by atoms with van der Waals surface area (Å²) in [6.45, 7) is 1.84. The number of nitrogen functional groups attached to an aromatic ring is 1. The standard InChI is InChI=1S/C14H13FN2O2/c1-8-5-6-10(16)11(7-8)17-14(19)13-9(15)3-2-4-12(13)18/h2-7,18H,16H2,1H3,(H,17,19). The van der Waals surface area contributed by atoms with Gasteiger partial charge in [0.25, 0.3) is 5.91 Å². The molecule has 0 aromatic heterocycles. The number of anilines is 2. The molecule has 0 bridgehead atoms. The Hall–Kier alpha value is -2.56. The highest BCUT2D eigenvalue weighted by Crippen LogP contribution is 2.24. The fraction of sp³-hybridized carbons (Fsp3) is 0.0714. The summed E-state index contributed by atoms with van der Waals surface area (Å²) in [5.74, 6) is -1.94. The molecule has 0 fully saturated rings. The molecular formula is C14H13FN2O2. The second kappa shape index (κ2) is 4.97. The van der Waals surface area contributed by atoms with Crippen LogP contribution in [-0.4, -0.2) is 11.0 Å². The Morgan fingerprint density at radius 1 is 1.32 bits per heavy atom. The first-order valence-electron chi connectivity index (χ1n) is 5.64. The van der Waals surface area contributed by atoms with Crippen molar-refractivity contribution in [3.8, 4) is 5.75 Å². The Balaban J connectivity index is 2.34. The normalized spacial score (nSPS) is 10.2. The predicted molar refractivity (Wildman–Crippen MR) is 71.6 cm³/mol. The molecule has 0 heterocycles. The van der Waals surface area contributed by atoms with E-state index in [1.54, 1.807) is 18.2 Å². The molecule has 1 amide bonds. The number of hydrogen-bond acceptors (Lipinski definition) is 3. The zero-order chi connectivity index (χ0) is 14.0. The number of carbonyl (C=O) groups is 1. The minimum absolute atomic E-state index is 0.370. The zero-order valence-electron chi connectivity index (χ0n) is 10.3. The fourth-order valence-corrected chi connectivity index (χ4v) is 1.70. The molecule has 4 nitrogen and oxygen atoms in total. The van der Waals surface area contributed by atoms with Gasteiger partial charge in [-0.1, -0.05) is 12.1 Å². The summed E-state index contributed by atoms with van der Waals surface area (Å²) in [4.78, 5) is 12.0. The number of nitrogens with two attached hydrogens (primary N) is 1. The fourth-order valence-electron chi connectivity index (χ4n) is 1.70. The molecule has 0 spiro atoms. The Kier molecular flexibility index (Phi) is 3.37. The van der Waals surface area contributed by atoms with E-state index in [1.165, 1.54) is 12.1 Å². The van der Waals surface area contributed by atoms with Gasteiger partial charge in [0.15, 0.2) is 0 Å². The average Bonchev–Trinajstić information content (AvgIpc) is 2.33. The Labute approximate surface area is 109 Å². The van der Waals surface area contributed by atoms with Gasteiger partial charge in [0, 0.05) is 0 Å². The summed E-state index contributed by atoms with van der Waals surface area (Å²) in [6.07, 6.45) is 0. The smallest absolute Gasteiger partial charge is 0.262 e. The quantitative estimate of drug-likeness (QED) is 0.727. The lowest BCUT2D eigenvalue weighted by Gasteiger charge is -2.10. The van der Waals surface area contributed by atoms with Crippen molar-refractivity contribution >= 4 is 17.3 Å². The maximum absolute atomic E-state index is 13.5. The van der Waals surface area contributed by atoms with Gasteiger partial charge in [-0.15, -0.1) is 0 Å². The van der Waals surface area contributed by atoms with Gasteiger partial charge in [-0.25, -0.2) is 4.39 Å². The highest BCUT2D eigenvalue weighted by Gasteiger charge is 2.17. The van der Waals surface area contributed by atoms with Crippen molar-refractivity contribution in [1.82, 2.24) is 0 Å². The molecule has 0 aliphatic heterocycles. The zero-order valence-corrected chi connectivity index (χ0v) is 10.3. The number of hydrogen-bond donors (Lipinski definition) is 3. The van der Waals surface area contributed by atoms with Crippen molar-refractivity contribution in [1.29, 1.82) is 0 Å². The van der Waals surface area contributed by atoms with Crippen LogP contribution in [0.15, 0.2) is 36.4 Å².